The Balaban J connectivity index is 0.00000256. The number of carbonyl (C=O) groups is 1. The van der Waals surface area contributed by atoms with Gasteiger partial charge in [0.1, 0.15) is 17.5 Å². The fourth-order valence-corrected chi connectivity index (χ4v) is 4.49. The predicted octanol–water partition coefficient (Wildman–Crippen LogP) is 5.09. The molecule has 0 bridgehead atoms. The molecule has 0 unspecified atom stereocenters. The van der Waals surface area contributed by atoms with E-state index in [4.69, 9.17) is 0 Å². The van der Waals surface area contributed by atoms with E-state index >= 15 is 0 Å². The minimum absolute atomic E-state index is 0. The van der Waals surface area contributed by atoms with Crippen molar-refractivity contribution in [2.75, 3.05) is 31.1 Å². The summed E-state index contributed by atoms with van der Waals surface area (Å²) in [5.41, 5.74) is 1.45. The molecule has 0 amide bonds. The number of nitrogens with one attached hydrogen (secondary N) is 1. The van der Waals surface area contributed by atoms with Gasteiger partial charge in [-0.3, -0.25) is 4.79 Å². The summed E-state index contributed by atoms with van der Waals surface area (Å²) in [6.07, 6.45) is 2.90. The van der Waals surface area contributed by atoms with Gasteiger partial charge in [0, 0.05) is 30.8 Å². The van der Waals surface area contributed by atoms with Crippen LogP contribution < -0.4 is 10.2 Å². The van der Waals surface area contributed by atoms with E-state index in [1.807, 2.05) is 0 Å². The topological polar surface area (TPSA) is 32.3 Å². The van der Waals surface area contributed by atoms with Crippen LogP contribution in [-0.4, -0.2) is 32.0 Å². The molecule has 2 heterocycles. The van der Waals surface area contributed by atoms with E-state index in [0.717, 1.165) is 37.7 Å². The minimum Gasteiger partial charge on any atom is -0.371 e. The van der Waals surface area contributed by atoms with Crippen LogP contribution in [0, 0.1) is 23.4 Å². The predicted molar refractivity (Wildman–Crippen MR) is 114 cm³/mol. The van der Waals surface area contributed by atoms with Crippen molar-refractivity contribution in [1.82, 2.24) is 5.32 Å². The third-order valence-electron chi connectivity index (χ3n) is 6.19. The molecule has 162 valence electrons. The Bertz CT molecular complexity index is 894. The van der Waals surface area contributed by atoms with Crippen molar-refractivity contribution < 1.29 is 18.0 Å². The average Bonchev–Trinajstić information content (AvgIpc) is 2.74. The number of ketones is 1. The quantitative estimate of drug-likeness (QED) is 0.675. The van der Waals surface area contributed by atoms with E-state index < -0.39 is 17.5 Å². The summed E-state index contributed by atoms with van der Waals surface area (Å²) >= 11 is 0. The maximum Gasteiger partial charge on any atom is 0.168 e. The Hall–Kier alpha value is -2.05. The van der Waals surface area contributed by atoms with E-state index in [1.165, 1.54) is 18.2 Å². The van der Waals surface area contributed by atoms with Crippen LogP contribution in [-0.2, 0) is 0 Å². The van der Waals surface area contributed by atoms with Crippen molar-refractivity contribution in [3.8, 4) is 0 Å². The molecule has 2 aliphatic heterocycles. The molecule has 0 atom stereocenters. The first-order valence-corrected chi connectivity index (χ1v) is 10.3. The fraction of sp³-hybridized carbons (Fsp3) is 0.435. The number of benzene rings is 2. The van der Waals surface area contributed by atoms with Gasteiger partial charge in [0.2, 0.25) is 0 Å². The van der Waals surface area contributed by atoms with Gasteiger partial charge in [0.15, 0.2) is 5.78 Å². The zero-order valence-electron chi connectivity index (χ0n) is 16.7. The minimum atomic E-state index is -0.571. The van der Waals surface area contributed by atoms with Gasteiger partial charge in [-0.05, 0) is 74.5 Å². The zero-order chi connectivity index (χ0) is 20.4. The molecule has 2 aromatic rings. The van der Waals surface area contributed by atoms with Gasteiger partial charge >= 0.3 is 0 Å². The molecular weight excluding hydrogens is 413 g/mol. The largest absolute Gasteiger partial charge is 0.371 e. The van der Waals surface area contributed by atoms with Crippen molar-refractivity contribution in [3.63, 3.8) is 0 Å². The molecule has 0 aliphatic carbocycles. The molecular formula is C23H26ClF3N2O. The van der Waals surface area contributed by atoms with E-state index in [-0.39, 0.29) is 35.6 Å². The number of anilines is 1. The van der Waals surface area contributed by atoms with Crippen molar-refractivity contribution >= 4 is 23.9 Å². The molecule has 2 saturated heterocycles. The van der Waals surface area contributed by atoms with Crippen LogP contribution in [0.15, 0.2) is 36.4 Å². The molecule has 2 fully saturated rings. The zero-order valence-corrected chi connectivity index (χ0v) is 17.5. The van der Waals surface area contributed by atoms with Crippen molar-refractivity contribution in [2.45, 2.75) is 31.6 Å². The number of nitrogens with zero attached hydrogens (tertiary/aromatic N) is 1. The molecule has 1 N–H and O–H groups in total. The van der Waals surface area contributed by atoms with Crippen LogP contribution in [0.1, 0.15) is 47.5 Å². The van der Waals surface area contributed by atoms with Gasteiger partial charge in [-0.1, -0.05) is 6.07 Å². The molecule has 7 heteroatoms. The molecule has 0 spiro atoms. The molecule has 0 radical (unpaired) electrons. The van der Waals surface area contributed by atoms with Gasteiger partial charge < -0.3 is 10.2 Å². The summed E-state index contributed by atoms with van der Waals surface area (Å²) in [7, 11) is 0. The van der Waals surface area contributed by atoms with Gasteiger partial charge in [0.05, 0.1) is 5.56 Å². The molecule has 2 aliphatic rings. The first-order valence-electron chi connectivity index (χ1n) is 10.3. The Morgan fingerprint density at radius 1 is 0.900 bits per heavy atom. The van der Waals surface area contributed by atoms with Crippen LogP contribution in [0.5, 0.6) is 0 Å². The summed E-state index contributed by atoms with van der Waals surface area (Å²) in [4.78, 5) is 14.7. The lowest BCUT2D eigenvalue weighted by molar-refractivity contribution is 0.0891. The van der Waals surface area contributed by atoms with Crippen molar-refractivity contribution in [2.24, 2.45) is 5.92 Å². The number of carbonyl (C=O) groups excluding carboxylic acids is 1. The second-order valence-electron chi connectivity index (χ2n) is 7.98. The summed E-state index contributed by atoms with van der Waals surface area (Å²) < 4.78 is 41.9. The summed E-state index contributed by atoms with van der Waals surface area (Å²) in [5, 5.41) is 3.21. The number of piperidine rings is 2. The maximum atomic E-state index is 14.7. The maximum absolute atomic E-state index is 14.7. The second-order valence-corrected chi connectivity index (χ2v) is 7.98. The Morgan fingerprint density at radius 3 is 2.23 bits per heavy atom. The SMILES string of the molecule is Cl.O=C(c1ccc(N2CCC(c3ccc(F)cc3F)CC2)cc1F)C1CCNCC1. The number of rotatable bonds is 4. The summed E-state index contributed by atoms with van der Waals surface area (Å²) in [6.45, 7) is 2.89. The lowest BCUT2D eigenvalue weighted by atomic mass is 9.88. The number of Topliss-reactive ketones (excluding diaryl/α,β-unsaturated/α-hetero) is 1. The van der Waals surface area contributed by atoms with Gasteiger partial charge in [-0.25, -0.2) is 13.2 Å². The molecule has 2 aromatic carbocycles. The normalized spacial score (nSPS) is 18.2. The highest BCUT2D eigenvalue weighted by Crippen LogP contribution is 2.33. The number of hydrogen-bond acceptors (Lipinski definition) is 3. The lowest BCUT2D eigenvalue weighted by Crippen LogP contribution is -2.33. The third kappa shape index (κ3) is 4.81. The van der Waals surface area contributed by atoms with Gasteiger partial charge in [-0.2, -0.15) is 0 Å². The standard InChI is InChI=1S/C23H25F3N2O.ClH/c24-17-1-3-19(21(25)13-17)15-7-11-28(12-8-15)18-2-4-20(22(26)14-18)23(29)16-5-9-27-10-6-16;/h1-4,13-16,27H,5-12H2;1H. The highest BCUT2D eigenvalue weighted by molar-refractivity contribution is 5.98. The van der Waals surface area contributed by atoms with E-state index in [9.17, 15) is 18.0 Å². The van der Waals surface area contributed by atoms with Crippen LogP contribution in [0.2, 0.25) is 0 Å². The summed E-state index contributed by atoms with van der Waals surface area (Å²) in [6, 6.07) is 8.57. The summed E-state index contributed by atoms with van der Waals surface area (Å²) in [5.74, 6) is -1.75. The van der Waals surface area contributed by atoms with Crippen molar-refractivity contribution in [1.29, 1.82) is 0 Å². The molecule has 30 heavy (non-hydrogen) atoms. The molecule has 0 saturated carbocycles. The average molecular weight is 439 g/mol. The van der Waals surface area contributed by atoms with Crippen LogP contribution in [0.3, 0.4) is 0 Å². The van der Waals surface area contributed by atoms with Crippen LogP contribution >= 0.6 is 12.4 Å². The van der Waals surface area contributed by atoms with Gasteiger partial charge in [0.25, 0.3) is 0 Å². The first-order chi connectivity index (χ1) is 14.0. The Labute approximate surface area is 181 Å². The van der Waals surface area contributed by atoms with Crippen LogP contribution in [0.25, 0.3) is 0 Å². The van der Waals surface area contributed by atoms with Crippen LogP contribution in [0.4, 0.5) is 18.9 Å². The smallest absolute Gasteiger partial charge is 0.168 e. The molecule has 4 rings (SSSR count). The highest BCUT2D eigenvalue weighted by atomic mass is 35.5. The van der Waals surface area contributed by atoms with E-state index in [1.54, 1.807) is 12.1 Å². The second kappa shape index (κ2) is 9.84. The fourth-order valence-electron chi connectivity index (χ4n) is 4.49. The Kier molecular flexibility index (Phi) is 7.42. The molecule has 0 aromatic heterocycles. The third-order valence-corrected chi connectivity index (χ3v) is 6.19. The highest BCUT2D eigenvalue weighted by Gasteiger charge is 2.26. The van der Waals surface area contributed by atoms with Gasteiger partial charge in [-0.15, -0.1) is 12.4 Å². The van der Waals surface area contributed by atoms with Crippen molar-refractivity contribution in [3.05, 3.63) is 65.0 Å². The van der Waals surface area contributed by atoms with E-state index in [2.05, 4.69) is 10.2 Å². The molecule has 3 nitrogen and oxygen atoms in total. The first kappa shape index (κ1) is 22.6. The van der Waals surface area contributed by atoms with E-state index in [0.29, 0.717) is 31.5 Å². The number of halogens is 4. The lowest BCUT2D eigenvalue weighted by Gasteiger charge is -2.34. The Morgan fingerprint density at radius 2 is 1.60 bits per heavy atom. The number of hydrogen-bond donors (Lipinski definition) is 1. The monoisotopic (exact) mass is 438 g/mol.